The summed E-state index contributed by atoms with van der Waals surface area (Å²) in [5.74, 6) is 1.70. The minimum atomic E-state index is -2.91. The lowest BCUT2D eigenvalue weighted by Crippen LogP contribution is -2.21. The predicted octanol–water partition coefficient (Wildman–Crippen LogP) is 2.61. The van der Waals surface area contributed by atoms with Gasteiger partial charge in [-0.1, -0.05) is 30.3 Å². The summed E-state index contributed by atoms with van der Waals surface area (Å²) in [5, 5.41) is 3.11. The third-order valence-corrected chi connectivity index (χ3v) is 3.80. The lowest BCUT2D eigenvalue weighted by atomic mass is 10.2. The average Bonchev–Trinajstić information content (AvgIpc) is 2.44. The number of sulfone groups is 1. The Balaban J connectivity index is 1.89. The van der Waals surface area contributed by atoms with Gasteiger partial charge in [-0.2, -0.15) is 0 Å². The van der Waals surface area contributed by atoms with E-state index < -0.39 is 9.84 Å². The highest BCUT2D eigenvalue weighted by Crippen LogP contribution is 2.21. The normalized spacial score (nSPS) is 11.3. The van der Waals surface area contributed by atoms with Crippen molar-refractivity contribution in [2.45, 2.75) is 6.54 Å². The molecule has 1 N–H and O–H groups in total. The molecule has 0 saturated carbocycles. The van der Waals surface area contributed by atoms with Crippen LogP contribution in [0.2, 0.25) is 0 Å². The first-order valence-electron chi connectivity index (χ1n) is 6.73. The Hall–Kier alpha value is -1.85. The Morgan fingerprint density at radius 2 is 1.71 bits per heavy atom. The molecule has 0 amide bonds. The molecule has 112 valence electrons. The van der Waals surface area contributed by atoms with Gasteiger partial charge in [0.2, 0.25) is 0 Å². The zero-order chi connectivity index (χ0) is 15.1. The summed E-state index contributed by atoms with van der Waals surface area (Å²) in [6.07, 6.45) is 1.24. The first-order chi connectivity index (χ1) is 10.0. The molecular formula is C16H19NO3S. The van der Waals surface area contributed by atoms with Crippen LogP contribution in [0.4, 0.5) is 0 Å². The zero-order valence-electron chi connectivity index (χ0n) is 12.0. The summed E-state index contributed by atoms with van der Waals surface area (Å²) >= 11 is 0. The maximum absolute atomic E-state index is 11.0. The van der Waals surface area contributed by atoms with E-state index in [1.165, 1.54) is 6.26 Å². The summed E-state index contributed by atoms with van der Waals surface area (Å²) in [4.78, 5) is 0. The Labute approximate surface area is 125 Å². The number of benzene rings is 2. The van der Waals surface area contributed by atoms with Gasteiger partial charge in [0.25, 0.3) is 0 Å². The van der Waals surface area contributed by atoms with Gasteiger partial charge in [0.05, 0.1) is 5.75 Å². The summed E-state index contributed by atoms with van der Waals surface area (Å²) < 4.78 is 27.8. The fourth-order valence-electron chi connectivity index (χ4n) is 1.83. The first kappa shape index (κ1) is 15.5. The predicted molar refractivity (Wildman–Crippen MR) is 84.4 cm³/mol. The first-order valence-corrected chi connectivity index (χ1v) is 8.79. The molecule has 0 aliphatic rings. The van der Waals surface area contributed by atoms with Crippen LogP contribution in [-0.2, 0) is 16.4 Å². The number of hydrogen-bond acceptors (Lipinski definition) is 4. The molecule has 21 heavy (non-hydrogen) atoms. The standard InChI is InChI=1S/C16H19NO3S/c1-21(18,19)11-10-17-13-14-6-5-9-16(12-14)20-15-7-3-2-4-8-15/h2-9,12,17H,10-11,13H2,1H3. The number of nitrogens with one attached hydrogen (secondary N) is 1. The number of rotatable bonds is 7. The van der Waals surface area contributed by atoms with Crippen molar-refractivity contribution in [1.82, 2.24) is 5.32 Å². The molecule has 0 aliphatic heterocycles. The maximum atomic E-state index is 11.0. The summed E-state index contributed by atoms with van der Waals surface area (Å²) in [7, 11) is -2.91. The quantitative estimate of drug-likeness (QED) is 0.799. The van der Waals surface area contributed by atoms with Crippen LogP contribution in [0.1, 0.15) is 5.56 Å². The molecule has 2 aromatic carbocycles. The fraction of sp³-hybridized carbons (Fsp3) is 0.250. The third-order valence-electron chi connectivity index (χ3n) is 2.86. The van der Waals surface area contributed by atoms with Crippen molar-refractivity contribution in [3.05, 3.63) is 60.2 Å². The van der Waals surface area contributed by atoms with Gasteiger partial charge in [0.15, 0.2) is 0 Å². The van der Waals surface area contributed by atoms with Crippen molar-refractivity contribution < 1.29 is 13.2 Å². The van der Waals surface area contributed by atoms with E-state index in [9.17, 15) is 8.42 Å². The van der Waals surface area contributed by atoms with Gasteiger partial charge in [0, 0.05) is 19.3 Å². The van der Waals surface area contributed by atoms with E-state index in [0.29, 0.717) is 13.1 Å². The molecule has 0 aliphatic carbocycles. The van der Waals surface area contributed by atoms with E-state index in [2.05, 4.69) is 5.32 Å². The van der Waals surface area contributed by atoms with Crippen LogP contribution in [0.25, 0.3) is 0 Å². The highest BCUT2D eigenvalue weighted by molar-refractivity contribution is 7.90. The van der Waals surface area contributed by atoms with E-state index in [1.54, 1.807) is 0 Å². The molecule has 0 fully saturated rings. The molecule has 0 spiro atoms. The Morgan fingerprint density at radius 3 is 2.43 bits per heavy atom. The lowest BCUT2D eigenvalue weighted by molar-refractivity contribution is 0.481. The molecule has 0 radical (unpaired) electrons. The van der Waals surface area contributed by atoms with Crippen LogP contribution in [-0.4, -0.2) is 27.0 Å². The minimum absolute atomic E-state index is 0.146. The molecule has 0 bridgehead atoms. The van der Waals surface area contributed by atoms with Gasteiger partial charge in [-0.3, -0.25) is 0 Å². The van der Waals surface area contributed by atoms with Crippen molar-refractivity contribution in [2.24, 2.45) is 0 Å². The van der Waals surface area contributed by atoms with Crippen molar-refractivity contribution in [3.8, 4) is 11.5 Å². The van der Waals surface area contributed by atoms with Crippen molar-refractivity contribution in [3.63, 3.8) is 0 Å². The highest BCUT2D eigenvalue weighted by Gasteiger charge is 2.02. The van der Waals surface area contributed by atoms with Gasteiger partial charge >= 0.3 is 0 Å². The molecule has 5 heteroatoms. The van der Waals surface area contributed by atoms with E-state index in [0.717, 1.165) is 17.1 Å². The molecule has 0 aromatic heterocycles. The Bertz CT molecular complexity index is 669. The number of para-hydroxylation sites is 1. The molecule has 0 atom stereocenters. The smallest absolute Gasteiger partial charge is 0.148 e. The van der Waals surface area contributed by atoms with Crippen LogP contribution in [0, 0.1) is 0 Å². The van der Waals surface area contributed by atoms with Crippen LogP contribution in [0.15, 0.2) is 54.6 Å². The monoisotopic (exact) mass is 305 g/mol. The van der Waals surface area contributed by atoms with Gasteiger partial charge in [-0.05, 0) is 29.8 Å². The zero-order valence-corrected chi connectivity index (χ0v) is 12.8. The minimum Gasteiger partial charge on any atom is -0.457 e. The van der Waals surface area contributed by atoms with Gasteiger partial charge in [-0.25, -0.2) is 8.42 Å². The second kappa shape index (κ2) is 7.24. The largest absolute Gasteiger partial charge is 0.457 e. The molecule has 0 unspecified atom stereocenters. The van der Waals surface area contributed by atoms with E-state index in [-0.39, 0.29) is 5.75 Å². The lowest BCUT2D eigenvalue weighted by Gasteiger charge is -2.08. The molecule has 0 saturated heterocycles. The Morgan fingerprint density at radius 1 is 1.00 bits per heavy atom. The van der Waals surface area contributed by atoms with Crippen LogP contribution < -0.4 is 10.1 Å². The number of hydrogen-bond donors (Lipinski definition) is 1. The highest BCUT2D eigenvalue weighted by atomic mass is 32.2. The third kappa shape index (κ3) is 5.97. The summed E-state index contributed by atoms with van der Waals surface area (Å²) in [6, 6.07) is 17.3. The van der Waals surface area contributed by atoms with E-state index >= 15 is 0 Å². The van der Waals surface area contributed by atoms with Gasteiger partial charge in [0.1, 0.15) is 21.3 Å². The Kier molecular flexibility index (Phi) is 5.36. The summed E-state index contributed by atoms with van der Waals surface area (Å²) in [5.41, 5.74) is 1.05. The van der Waals surface area contributed by atoms with E-state index in [1.807, 2.05) is 54.6 Å². The van der Waals surface area contributed by atoms with Crippen LogP contribution in [0.5, 0.6) is 11.5 Å². The van der Waals surface area contributed by atoms with Crippen molar-refractivity contribution in [1.29, 1.82) is 0 Å². The van der Waals surface area contributed by atoms with Crippen molar-refractivity contribution in [2.75, 3.05) is 18.6 Å². The van der Waals surface area contributed by atoms with E-state index in [4.69, 9.17) is 4.74 Å². The fourth-order valence-corrected chi connectivity index (χ4v) is 2.35. The molecular weight excluding hydrogens is 286 g/mol. The molecule has 2 rings (SSSR count). The van der Waals surface area contributed by atoms with Gasteiger partial charge in [-0.15, -0.1) is 0 Å². The molecule has 4 nitrogen and oxygen atoms in total. The van der Waals surface area contributed by atoms with Crippen LogP contribution in [0.3, 0.4) is 0 Å². The average molecular weight is 305 g/mol. The second-order valence-corrected chi connectivity index (χ2v) is 7.13. The summed E-state index contributed by atoms with van der Waals surface area (Å²) in [6.45, 7) is 1.06. The van der Waals surface area contributed by atoms with Gasteiger partial charge < -0.3 is 10.1 Å². The maximum Gasteiger partial charge on any atom is 0.148 e. The van der Waals surface area contributed by atoms with Crippen molar-refractivity contribution >= 4 is 9.84 Å². The molecule has 0 heterocycles. The van der Waals surface area contributed by atoms with Crippen LogP contribution >= 0.6 is 0 Å². The SMILES string of the molecule is CS(=O)(=O)CCNCc1cccc(Oc2ccccc2)c1. The second-order valence-electron chi connectivity index (χ2n) is 4.87. The number of ether oxygens (including phenoxy) is 1. The topological polar surface area (TPSA) is 55.4 Å². The molecule has 2 aromatic rings.